The number of anilines is 1. The van der Waals surface area contributed by atoms with Crippen LogP contribution in [0.25, 0.3) is 16.9 Å². The van der Waals surface area contributed by atoms with Gasteiger partial charge in [-0.05, 0) is 61.4 Å². The SMILES string of the molecule is CC(=O)NC1CCN(c2nc(-n3cccn3)nc3ccc(Oc4ccc(Cl)cc4)cc23)CC1. The van der Waals surface area contributed by atoms with E-state index in [0.29, 0.717) is 22.5 Å². The molecule has 8 nitrogen and oxygen atoms in total. The van der Waals surface area contributed by atoms with Crippen LogP contribution in [0.3, 0.4) is 0 Å². The molecule has 2 aromatic carbocycles. The van der Waals surface area contributed by atoms with Gasteiger partial charge in [-0.25, -0.2) is 9.67 Å². The number of piperidine rings is 1. The van der Waals surface area contributed by atoms with E-state index in [2.05, 4.69) is 15.3 Å². The summed E-state index contributed by atoms with van der Waals surface area (Å²) < 4.78 is 7.71. The van der Waals surface area contributed by atoms with Crippen molar-refractivity contribution in [3.63, 3.8) is 0 Å². The van der Waals surface area contributed by atoms with Crippen LogP contribution in [-0.2, 0) is 4.79 Å². The number of ether oxygens (including phenoxy) is 1. The first-order valence-corrected chi connectivity index (χ1v) is 11.2. The van der Waals surface area contributed by atoms with Crippen molar-refractivity contribution in [3.8, 4) is 17.4 Å². The summed E-state index contributed by atoms with van der Waals surface area (Å²) in [6, 6.07) is 15.1. The molecule has 9 heteroatoms. The van der Waals surface area contributed by atoms with Crippen LogP contribution in [0.2, 0.25) is 5.02 Å². The molecule has 4 aromatic rings. The molecule has 2 aromatic heterocycles. The van der Waals surface area contributed by atoms with E-state index in [-0.39, 0.29) is 11.9 Å². The first kappa shape index (κ1) is 21.2. The third kappa shape index (κ3) is 4.75. The second-order valence-corrected chi connectivity index (χ2v) is 8.43. The number of nitrogens with one attached hydrogen (secondary N) is 1. The molecule has 3 heterocycles. The first-order valence-electron chi connectivity index (χ1n) is 10.8. The van der Waals surface area contributed by atoms with Crippen molar-refractivity contribution < 1.29 is 9.53 Å². The Morgan fingerprint density at radius 2 is 1.85 bits per heavy atom. The Morgan fingerprint density at radius 1 is 1.09 bits per heavy atom. The summed E-state index contributed by atoms with van der Waals surface area (Å²) in [5.74, 6) is 2.73. The van der Waals surface area contributed by atoms with Gasteiger partial charge in [0, 0.05) is 48.9 Å². The Balaban J connectivity index is 1.51. The molecule has 1 aliphatic rings. The topological polar surface area (TPSA) is 85.2 Å². The average Bonchev–Trinajstić information content (AvgIpc) is 3.35. The fraction of sp³-hybridized carbons (Fsp3) is 0.250. The summed E-state index contributed by atoms with van der Waals surface area (Å²) in [5.41, 5.74) is 0.804. The first-order chi connectivity index (χ1) is 16.0. The number of nitrogens with zero attached hydrogens (tertiary/aromatic N) is 5. The summed E-state index contributed by atoms with van der Waals surface area (Å²) in [6.07, 6.45) is 5.23. The van der Waals surface area contributed by atoms with E-state index >= 15 is 0 Å². The highest BCUT2D eigenvalue weighted by molar-refractivity contribution is 6.30. The Hall–Kier alpha value is -3.65. The van der Waals surface area contributed by atoms with E-state index in [9.17, 15) is 4.79 Å². The number of carbonyl (C=O) groups excluding carboxylic acids is 1. The normalized spacial score (nSPS) is 14.4. The molecule has 1 N–H and O–H groups in total. The van der Waals surface area contributed by atoms with Crippen molar-refractivity contribution in [2.75, 3.05) is 18.0 Å². The number of hydrogen-bond acceptors (Lipinski definition) is 6. The molecule has 0 bridgehead atoms. The lowest BCUT2D eigenvalue weighted by Gasteiger charge is -2.33. The van der Waals surface area contributed by atoms with Crippen molar-refractivity contribution in [2.45, 2.75) is 25.8 Å². The van der Waals surface area contributed by atoms with Gasteiger partial charge in [0.25, 0.3) is 5.95 Å². The number of fused-ring (bicyclic) bond motifs is 1. The molecule has 0 spiro atoms. The Labute approximate surface area is 196 Å². The van der Waals surface area contributed by atoms with Crippen LogP contribution >= 0.6 is 11.6 Å². The monoisotopic (exact) mass is 462 g/mol. The lowest BCUT2D eigenvalue weighted by Crippen LogP contribution is -2.44. The fourth-order valence-corrected chi connectivity index (χ4v) is 4.16. The number of carbonyl (C=O) groups is 1. The highest BCUT2D eigenvalue weighted by atomic mass is 35.5. The van der Waals surface area contributed by atoms with Gasteiger partial charge in [-0.1, -0.05) is 11.6 Å². The van der Waals surface area contributed by atoms with Crippen LogP contribution in [0.15, 0.2) is 60.9 Å². The predicted octanol–water partition coefficient (Wildman–Crippen LogP) is 4.37. The summed E-state index contributed by atoms with van der Waals surface area (Å²) in [5, 5.41) is 8.87. The van der Waals surface area contributed by atoms with Gasteiger partial charge in [0.2, 0.25) is 5.91 Å². The minimum Gasteiger partial charge on any atom is -0.457 e. The number of rotatable bonds is 5. The minimum absolute atomic E-state index is 0.00546. The van der Waals surface area contributed by atoms with Crippen molar-refractivity contribution >= 4 is 34.2 Å². The number of hydrogen-bond donors (Lipinski definition) is 1. The smallest absolute Gasteiger partial charge is 0.253 e. The largest absolute Gasteiger partial charge is 0.457 e. The van der Waals surface area contributed by atoms with Gasteiger partial charge < -0.3 is 15.0 Å². The Morgan fingerprint density at radius 3 is 2.55 bits per heavy atom. The molecule has 168 valence electrons. The van der Waals surface area contributed by atoms with Gasteiger partial charge >= 0.3 is 0 Å². The molecule has 1 fully saturated rings. The molecule has 0 aliphatic carbocycles. The molecule has 0 atom stereocenters. The maximum Gasteiger partial charge on any atom is 0.253 e. The molecule has 1 amide bonds. The summed E-state index contributed by atoms with van der Waals surface area (Å²) >= 11 is 5.99. The lowest BCUT2D eigenvalue weighted by atomic mass is 10.0. The molecule has 1 saturated heterocycles. The second kappa shape index (κ2) is 9.07. The Kier molecular flexibility index (Phi) is 5.83. The molecular weight excluding hydrogens is 440 g/mol. The lowest BCUT2D eigenvalue weighted by molar-refractivity contribution is -0.119. The number of amides is 1. The van der Waals surface area contributed by atoms with Crippen LogP contribution in [0.4, 0.5) is 5.82 Å². The third-order valence-electron chi connectivity index (χ3n) is 5.60. The van der Waals surface area contributed by atoms with E-state index < -0.39 is 0 Å². The van der Waals surface area contributed by atoms with E-state index in [1.165, 1.54) is 0 Å². The standard InChI is InChI=1S/C24H23ClN6O2/c1-16(32)27-18-9-13-30(14-10-18)23-21-15-20(33-19-5-3-17(25)4-6-19)7-8-22(21)28-24(29-23)31-12-2-11-26-31/h2-8,11-12,15,18H,9-10,13-14H2,1H3,(H,27,32). The highest BCUT2D eigenvalue weighted by Crippen LogP contribution is 2.32. The maximum atomic E-state index is 11.4. The van der Waals surface area contributed by atoms with Gasteiger partial charge in [-0.2, -0.15) is 10.1 Å². The van der Waals surface area contributed by atoms with Crippen LogP contribution in [0.1, 0.15) is 19.8 Å². The summed E-state index contributed by atoms with van der Waals surface area (Å²) in [4.78, 5) is 23.3. The summed E-state index contributed by atoms with van der Waals surface area (Å²) in [7, 11) is 0. The number of benzene rings is 2. The van der Waals surface area contributed by atoms with Gasteiger partial charge in [0.15, 0.2) is 0 Å². The molecule has 1 aliphatic heterocycles. The van der Waals surface area contributed by atoms with Gasteiger partial charge in [0.1, 0.15) is 17.3 Å². The van der Waals surface area contributed by atoms with Crippen molar-refractivity contribution in [1.82, 2.24) is 25.1 Å². The Bertz CT molecular complexity index is 1270. The van der Waals surface area contributed by atoms with Gasteiger partial charge in [0.05, 0.1) is 5.52 Å². The van der Waals surface area contributed by atoms with E-state index in [4.69, 9.17) is 26.3 Å². The zero-order valence-corrected chi connectivity index (χ0v) is 18.9. The highest BCUT2D eigenvalue weighted by Gasteiger charge is 2.23. The quantitative estimate of drug-likeness (QED) is 0.474. The number of aromatic nitrogens is 4. The second-order valence-electron chi connectivity index (χ2n) is 7.99. The molecule has 0 radical (unpaired) electrons. The summed E-state index contributed by atoms with van der Waals surface area (Å²) in [6.45, 7) is 3.11. The third-order valence-corrected chi connectivity index (χ3v) is 5.85. The zero-order chi connectivity index (χ0) is 22.8. The zero-order valence-electron chi connectivity index (χ0n) is 18.1. The fourth-order valence-electron chi connectivity index (χ4n) is 4.04. The van der Waals surface area contributed by atoms with E-state index in [1.807, 2.05) is 42.6 Å². The van der Waals surface area contributed by atoms with Crippen LogP contribution < -0.4 is 15.0 Å². The van der Waals surface area contributed by atoms with E-state index in [0.717, 1.165) is 42.7 Å². The van der Waals surface area contributed by atoms with E-state index in [1.54, 1.807) is 29.9 Å². The van der Waals surface area contributed by atoms with Crippen LogP contribution in [0, 0.1) is 0 Å². The molecule has 0 unspecified atom stereocenters. The average molecular weight is 463 g/mol. The van der Waals surface area contributed by atoms with Crippen LogP contribution in [0.5, 0.6) is 11.5 Å². The van der Waals surface area contributed by atoms with Crippen LogP contribution in [-0.4, -0.2) is 44.8 Å². The van der Waals surface area contributed by atoms with Crippen molar-refractivity contribution in [1.29, 1.82) is 0 Å². The van der Waals surface area contributed by atoms with Gasteiger partial charge in [-0.15, -0.1) is 0 Å². The molecular formula is C24H23ClN6O2. The molecule has 0 saturated carbocycles. The van der Waals surface area contributed by atoms with Gasteiger partial charge in [-0.3, -0.25) is 4.79 Å². The van der Waals surface area contributed by atoms with Crippen molar-refractivity contribution in [3.05, 3.63) is 65.9 Å². The maximum absolute atomic E-state index is 11.4. The predicted molar refractivity (Wildman–Crippen MR) is 127 cm³/mol. The minimum atomic E-state index is 0.00546. The number of halogens is 1. The molecule has 33 heavy (non-hydrogen) atoms. The van der Waals surface area contributed by atoms with Crippen molar-refractivity contribution in [2.24, 2.45) is 0 Å². The molecule has 5 rings (SSSR count).